The van der Waals surface area contributed by atoms with Gasteiger partial charge >= 0.3 is 0 Å². The number of aromatic nitrogens is 1. The van der Waals surface area contributed by atoms with Gasteiger partial charge in [0.25, 0.3) is 0 Å². The number of hydrogen-bond acceptors (Lipinski definition) is 5. The van der Waals surface area contributed by atoms with Gasteiger partial charge in [0.15, 0.2) is 0 Å². The largest absolute Gasteiger partial charge is 0.325 e. The number of rotatable bonds is 7. The number of para-hydroxylation sites is 1. The summed E-state index contributed by atoms with van der Waals surface area (Å²) < 4.78 is 26.8. The molecule has 2 heterocycles. The zero-order valence-corrected chi connectivity index (χ0v) is 19.4. The number of pyridine rings is 1. The molecular weight excluding hydrogens is 442 g/mol. The summed E-state index contributed by atoms with van der Waals surface area (Å²) in [6.45, 7) is 2.92. The van der Waals surface area contributed by atoms with Crippen molar-refractivity contribution in [3.05, 3.63) is 72.9 Å². The monoisotopic (exact) mass is 467 g/mol. The molecule has 0 bridgehead atoms. The molecule has 6 nitrogen and oxygen atoms in total. The first kappa shape index (κ1) is 22.5. The van der Waals surface area contributed by atoms with E-state index < -0.39 is 15.3 Å². The van der Waals surface area contributed by atoms with Gasteiger partial charge in [-0.3, -0.25) is 4.79 Å². The number of benzene rings is 2. The number of amides is 1. The highest BCUT2D eigenvalue weighted by molar-refractivity contribution is 8.00. The summed E-state index contributed by atoms with van der Waals surface area (Å²) in [6.07, 6.45) is 3.16. The molecule has 0 unspecified atom stereocenters. The summed E-state index contributed by atoms with van der Waals surface area (Å²) in [4.78, 5) is 17.3. The molecule has 1 aliphatic heterocycles. The third-order valence-corrected chi connectivity index (χ3v) is 8.28. The Morgan fingerprint density at radius 2 is 1.69 bits per heavy atom. The molecule has 1 amide bonds. The number of nitrogens with one attached hydrogen (secondary N) is 1. The van der Waals surface area contributed by atoms with Gasteiger partial charge in [-0.15, -0.1) is 0 Å². The van der Waals surface area contributed by atoms with Crippen LogP contribution in [0.2, 0.25) is 0 Å². The van der Waals surface area contributed by atoms with Gasteiger partial charge in [0, 0.05) is 30.5 Å². The van der Waals surface area contributed by atoms with Crippen LogP contribution in [0.1, 0.15) is 19.8 Å². The van der Waals surface area contributed by atoms with Crippen molar-refractivity contribution in [1.29, 1.82) is 0 Å². The lowest BCUT2D eigenvalue weighted by atomic mass is 10.0. The van der Waals surface area contributed by atoms with Crippen LogP contribution in [0.4, 0.5) is 5.69 Å². The van der Waals surface area contributed by atoms with Gasteiger partial charge < -0.3 is 5.32 Å². The normalized spacial score (nSPS) is 15.4. The predicted octanol–water partition coefficient (Wildman–Crippen LogP) is 4.65. The Balaban J connectivity index is 1.43. The quantitative estimate of drug-likeness (QED) is 0.512. The molecule has 0 saturated carbocycles. The third-order valence-electron chi connectivity index (χ3n) is 5.35. The molecule has 1 atom stereocenters. The van der Waals surface area contributed by atoms with Crippen molar-refractivity contribution in [3.8, 4) is 11.1 Å². The van der Waals surface area contributed by atoms with Gasteiger partial charge in [-0.25, -0.2) is 13.4 Å². The Hall–Kier alpha value is -2.68. The van der Waals surface area contributed by atoms with E-state index in [0.29, 0.717) is 18.1 Å². The van der Waals surface area contributed by atoms with Crippen molar-refractivity contribution in [3.63, 3.8) is 0 Å². The highest BCUT2D eigenvalue weighted by Gasteiger charge is 2.27. The van der Waals surface area contributed by atoms with Crippen molar-refractivity contribution in [1.82, 2.24) is 9.29 Å². The Morgan fingerprint density at radius 1 is 1.00 bits per heavy atom. The maximum atomic E-state index is 12.8. The highest BCUT2D eigenvalue weighted by Crippen LogP contribution is 2.29. The first-order chi connectivity index (χ1) is 15.4. The minimum atomic E-state index is -3.49. The van der Waals surface area contributed by atoms with Gasteiger partial charge in [-0.2, -0.15) is 4.31 Å². The molecule has 1 aromatic heterocycles. The highest BCUT2D eigenvalue weighted by atomic mass is 32.2. The topological polar surface area (TPSA) is 79.4 Å². The number of hydrogen-bond donors (Lipinski definition) is 1. The molecule has 0 spiro atoms. The van der Waals surface area contributed by atoms with Crippen molar-refractivity contribution in [2.24, 2.45) is 0 Å². The van der Waals surface area contributed by atoms with Crippen LogP contribution in [0, 0.1) is 0 Å². The fraction of sp³-hybridized carbons (Fsp3) is 0.250. The zero-order chi connectivity index (χ0) is 22.6. The minimum Gasteiger partial charge on any atom is -0.325 e. The second-order valence-electron chi connectivity index (χ2n) is 7.60. The van der Waals surface area contributed by atoms with E-state index in [1.807, 2.05) is 61.5 Å². The van der Waals surface area contributed by atoms with Gasteiger partial charge in [-0.1, -0.05) is 60.3 Å². The number of sulfonamides is 1. The van der Waals surface area contributed by atoms with Crippen molar-refractivity contribution >= 4 is 33.4 Å². The number of carbonyl (C=O) groups is 1. The summed E-state index contributed by atoms with van der Waals surface area (Å²) in [6, 6.07) is 20.8. The molecule has 1 aliphatic rings. The molecule has 1 N–H and O–H groups in total. The first-order valence-corrected chi connectivity index (χ1v) is 12.9. The third kappa shape index (κ3) is 5.03. The standard InChI is InChI=1S/C24H25N3O3S2/c1-18(24(28)26-22-12-6-5-11-21(22)19-9-3-2-4-10-19)31-23-14-13-20(17-25-23)32(29,30)27-15-7-8-16-27/h2-6,9-14,17-18H,7-8,15-16H2,1H3,(H,26,28)/t18-/m0/s1. The number of thioether (sulfide) groups is 1. The lowest BCUT2D eigenvalue weighted by Gasteiger charge is -2.16. The summed E-state index contributed by atoms with van der Waals surface area (Å²) in [5.74, 6) is -0.144. The summed E-state index contributed by atoms with van der Waals surface area (Å²) in [7, 11) is -3.49. The molecule has 0 aliphatic carbocycles. The molecule has 32 heavy (non-hydrogen) atoms. The van der Waals surface area contributed by atoms with Gasteiger partial charge in [0.05, 0.1) is 10.3 Å². The predicted molar refractivity (Wildman–Crippen MR) is 128 cm³/mol. The van der Waals surface area contributed by atoms with Crippen molar-refractivity contribution < 1.29 is 13.2 Å². The SMILES string of the molecule is C[C@H](Sc1ccc(S(=O)(=O)N2CCCC2)cn1)C(=O)Nc1ccccc1-c1ccccc1. The summed E-state index contributed by atoms with van der Waals surface area (Å²) in [5.41, 5.74) is 2.73. The van der Waals surface area contributed by atoms with E-state index in [-0.39, 0.29) is 10.8 Å². The molecule has 2 aromatic carbocycles. The van der Waals surface area contributed by atoms with Crippen LogP contribution in [-0.4, -0.2) is 42.0 Å². The zero-order valence-electron chi connectivity index (χ0n) is 17.8. The number of nitrogens with zero attached hydrogens (tertiary/aromatic N) is 2. The smallest absolute Gasteiger partial charge is 0.244 e. The van der Waals surface area contributed by atoms with Crippen molar-refractivity contribution in [2.45, 2.75) is 34.9 Å². The van der Waals surface area contributed by atoms with E-state index in [1.54, 1.807) is 12.1 Å². The van der Waals surface area contributed by atoms with Crippen LogP contribution >= 0.6 is 11.8 Å². The van der Waals surface area contributed by atoms with Crippen LogP contribution in [-0.2, 0) is 14.8 Å². The van der Waals surface area contributed by atoms with Crippen LogP contribution in [0.15, 0.2) is 82.8 Å². The van der Waals surface area contributed by atoms with Gasteiger partial charge in [-0.05, 0) is 43.5 Å². The van der Waals surface area contributed by atoms with E-state index in [2.05, 4.69) is 10.3 Å². The van der Waals surface area contributed by atoms with E-state index >= 15 is 0 Å². The molecule has 3 aromatic rings. The van der Waals surface area contributed by atoms with E-state index in [0.717, 1.165) is 29.7 Å². The van der Waals surface area contributed by atoms with Gasteiger partial charge in [0.2, 0.25) is 15.9 Å². The molecule has 8 heteroatoms. The Bertz CT molecular complexity index is 1180. The fourth-order valence-corrected chi connectivity index (χ4v) is 5.85. The fourth-order valence-electron chi connectivity index (χ4n) is 3.60. The van der Waals surface area contributed by atoms with E-state index in [4.69, 9.17) is 0 Å². The second-order valence-corrected chi connectivity index (χ2v) is 10.9. The Morgan fingerprint density at radius 3 is 2.38 bits per heavy atom. The average molecular weight is 468 g/mol. The van der Waals surface area contributed by atoms with E-state index in [9.17, 15) is 13.2 Å². The average Bonchev–Trinajstić information content (AvgIpc) is 3.36. The molecule has 1 fully saturated rings. The molecule has 166 valence electrons. The molecule has 4 rings (SSSR count). The second kappa shape index (κ2) is 9.85. The molecule has 0 radical (unpaired) electrons. The van der Waals surface area contributed by atoms with Crippen LogP contribution in [0.25, 0.3) is 11.1 Å². The maximum Gasteiger partial charge on any atom is 0.244 e. The molecule has 1 saturated heterocycles. The maximum absolute atomic E-state index is 12.8. The lowest BCUT2D eigenvalue weighted by molar-refractivity contribution is -0.115. The summed E-state index contributed by atoms with van der Waals surface area (Å²) >= 11 is 1.29. The number of carbonyl (C=O) groups excluding carboxylic acids is 1. The van der Waals surface area contributed by atoms with E-state index in [1.165, 1.54) is 22.3 Å². The first-order valence-electron chi connectivity index (χ1n) is 10.5. The number of anilines is 1. The Kier molecular flexibility index (Phi) is 6.93. The van der Waals surface area contributed by atoms with Crippen LogP contribution < -0.4 is 5.32 Å². The minimum absolute atomic E-state index is 0.144. The van der Waals surface area contributed by atoms with Crippen LogP contribution in [0.5, 0.6) is 0 Å². The van der Waals surface area contributed by atoms with Gasteiger partial charge in [0.1, 0.15) is 4.90 Å². The Labute approximate surface area is 193 Å². The summed E-state index contributed by atoms with van der Waals surface area (Å²) in [5, 5.41) is 3.20. The lowest BCUT2D eigenvalue weighted by Crippen LogP contribution is -2.28. The van der Waals surface area contributed by atoms with Crippen molar-refractivity contribution in [2.75, 3.05) is 18.4 Å². The molecular formula is C24H25N3O3S2. The van der Waals surface area contributed by atoms with Crippen LogP contribution in [0.3, 0.4) is 0 Å².